The number of nitrogen functional groups attached to an aromatic ring is 1. The van der Waals surface area contributed by atoms with Gasteiger partial charge in [0.05, 0.1) is 10.7 Å². The van der Waals surface area contributed by atoms with Crippen molar-refractivity contribution < 1.29 is 8.42 Å². The molecule has 1 saturated carbocycles. The van der Waals surface area contributed by atoms with E-state index in [-0.39, 0.29) is 21.6 Å². The summed E-state index contributed by atoms with van der Waals surface area (Å²) in [5.41, 5.74) is 5.76. The maximum atomic E-state index is 12.2. The molecule has 100 valence electrons. The Kier molecular flexibility index (Phi) is 4.06. The van der Waals surface area contributed by atoms with Crippen molar-refractivity contribution in [3.8, 4) is 0 Å². The van der Waals surface area contributed by atoms with Crippen molar-refractivity contribution in [2.75, 3.05) is 5.73 Å². The molecule has 1 fully saturated rings. The molecule has 0 atom stereocenters. The molecule has 0 amide bonds. The second-order valence-electron chi connectivity index (χ2n) is 4.41. The Bertz CT molecular complexity index is 531. The molecular weight excluding hydrogens is 295 g/mol. The lowest BCUT2D eigenvalue weighted by atomic mass is 10.3. The molecule has 4 nitrogen and oxygen atoms in total. The normalized spacial score (nSPS) is 17.2. The number of sulfonamides is 1. The molecule has 1 aromatic carbocycles. The molecule has 0 bridgehead atoms. The molecule has 2 rings (SSSR count). The smallest absolute Gasteiger partial charge is 0.244 e. The molecule has 3 N–H and O–H groups in total. The lowest BCUT2D eigenvalue weighted by Gasteiger charge is -2.15. The van der Waals surface area contributed by atoms with Crippen molar-refractivity contribution in [3.05, 3.63) is 22.2 Å². The summed E-state index contributed by atoms with van der Waals surface area (Å²) in [6.07, 6.45) is 3.78. The minimum Gasteiger partial charge on any atom is -0.398 e. The third kappa shape index (κ3) is 2.91. The predicted octanol–water partition coefficient (Wildman–Crippen LogP) is 2.80. The van der Waals surface area contributed by atoms with E-state index in [2.05, 4.69) is 4.72 Å². The monoisotopic (exact) mass is 308 g/mol. The second-order valence-corrected chi connectivity index (χ2v) is 6.90. The summed E-state index contributed by atoms with van der Waals surface area (Å²) in [6.45, 7) is 0. The fourth-order valence-electron chi connectivity index (χ4n) is 2.19. The van der Waals surface area contributed by atoms with E-state index in [0.29, 0.717) is 5.02 Å². The average molecular weight is 309 g/mol. The fraction of sp³-hybridized carbons (Fsp3) is 0.455. The lowest BCUT2D eigenvalue weighted by Crippen LogP contribution is -2.33. The summed E-state index contributed by atoms with van der Waals surface area (Å²) in [5.74, 6) is 0. The Hall–Kier alpha value is -0.490. The van der Waals surface area contributed by atoms with Crippen LogP contribution in [0.15, 0.2) is 17.0 Å². The quantitative estimate of drug-likeness (QED) is 0.843. The van der Waals surface area contributed by atoms with Gasteiger partial charge in [-0.3, -0.25) is 0 Å². The number of nitrogens with two attached hydrogens (primary N) is 1. The summed E-state index contributed by atoms with van der Waals surface area (Å²) in [6, 6.07) is 2.74. The molecule has 1 aliphatic rings. The van der Waals surface area contributed by atoms with Crippen molar-refractivity contribution in [1.82, 2.24) is 4.72 Å². The Morgan fingerprint density at radius 1 is 1.22 bits per heavy atom. The molecule has 0 aromatic heterocycles. The molecule has 1 aliphatic carbocycles. The maximum Gasteiger partial charge on any atom is 0.244 e. The number of halogens is 2. The van der Waals surface area contributed by atoms with Crippen LogP contribution in [0.4, 0.5) is 5.69 Å². The molecule has 0 spiro atoms. The molecule has 0 radical (unpaired) electrons. The number of hydrogen-bond acceptors (Lipinski definition) is 3. The summed E-state index contributed by atoms with van der Waals surface area (Å²) in [5, 5.41) is 0.364. The molecule has 7 heteroatoms. The van der Waals surface area contributed by atoms with Crippen LogP contribution in [-0.2, 0) is 10.0 Å². The van der Waals surface area contributed by atoms with E-state index in [1.165, 1.54) is 12.1 Å². The Morgan fingerprint density at radius 2 is 1.83 bits per heavy atom. The largest absolute Gasteiger partial charge is 0.398 e. The Morgan fingerprint density at radius 3 is 2.39 bits per heavy atom. The van der Waals surface area contributed by atoms with E-state index in [1.54, 1.807) is 0 Å². The minimum absolute atomic E-state index is 0.0267. The van der Waals surface area contributed by atoms with Gasteiger partial charge in [0.1, 0.15) is 4.90 Å². The Balaban J connectivity index is 2.34. The first kappa shape index (κ1) is 13.9. The number of rotatable bonds is 3. The van der Waals surface area contributed by atoms with Gasteiger partial charge in [-0.05, 0) is 25.0 Å². The third-order valence-electron chi connectivity index (χ3n) is 2.98. The Labute approximate surface area is 117 Å². The van der Waals surface area contributed by atoms with Crippen LogP contribution >= 0.6 is 23.2 Å². The van der Waals surface area contributed by atoms with Crippen LogP contribution in [0.2, 0.25) is 10.0 Å². The van der Waals surface area contributed by atoms with Crippen molar-refractivity contribution in [3.63, 3.8) is 0 Å². The van der Waals surface area contributed by atoms with E-state index < -0.39 is 10.0 Å². The molecule has 1 aromatic rings. The van der Waals surface area contributed by atoms with Gasteiger partial charge in [-0.25, -0.2) is 13.1 Å². The van der Waals surface area contributed by atoms with Gasteiger partial charge in [-0.1, -0.05) is 36.0 Å². The lowest BCUT2D eigenvalue weighted by molar-refractivity contribution is 0.552. The number of hydrogen-bond donors (Lipinski definition) is 2. The minimum atomic E-state index is -3.69. The van der Waals surface area contributed by atoms with Crippen LogP contribution in [-0.4, -0.2) is 14.5 Å². The highest BCUT2D eigenvalue weighted by Gasteiger charge is 2.26. The van der Waals surface area contributed by atoms with E-state index in [9.17, 15) is 8.42 Å². The van der Waals surface area contributed by atoms with E-state index in [4.69, 9.17) is 28.9 Å². The first-order valence-electron chi connectivity index (χ1n) is 5.67. The standard InChI is InChI=1S/C11H14Cl2N2O2S/c12-7-5-9(13)11(10(14)6-7)18(16,17)15-8-3-1-2-4-8/h5-6,8,15H,1-4,14H2. The molecule has 0 aliphatic heterocycles. The van der Waals surface area contributed by atoms with Gasteiger partial charge >= 0.3 is 0 Å². The van der Waals surface area contributed by atoms with Gasteiger partial charge in [0.2, 0.25) is 10.0 Å². The molecule has 0 unspecified atom stereocenters. The highest BCUT2D eigenvalue weighted by Crippen LogP contribution is 2.32. The van der Waals surface area contributed by atoms with Gasteiger partial charge in [-0.15, -0.1) is 0 Å². The summed E-state index contributed by atoms with van der Waals surface area (Å²) in [7, 11) is -3.69. The third-order valence-corrected chi connectivity index (χ3v) is 5.25. The molecule has 0 heterocycles. The zero-order chi connectivity index (χ0) is 13.3. The van der Waals surface area contributed by atoms with Crippen molar-refractivity contribution >= 4 is 38.9 Å². The first-order chi connectivity index (χ1) is 8.40. The number of anilines is 1. The molecule has 18 heavy (non-hydrogen) atoms. The van der Waals surface area contributed by atoms with E-state index >= 15 is 0 Å². The molecular formula is C11H14Cl2N2O2S. The van der Waals surface area contributed by atoms with Crippen LogP contribution in [0.3, 0.4) is 0 Å². The number of nitrogens with one attached hydrogen (secondary N) is 1. The SMILES string of the molecule is Nc1cc(Cl)cc(Cl)c1S(=O)(=O)NC1CCCC1. The van der Waals surface area contributed by atoms with Crippen LogP contribution in [0.25, 0.3) is 0 Å². The molecule has 0 saturated heterocycles. The second kappa shape index (κ2) is 5.25. The van der Waals surface area contributed by atoms with Crippen LogP contribution in [0.5, 0.6) is 0 Å². The van der Waals surface area contributed by atoms with Crippen molar-refractivity contribution in [2.45, 2.75) is 36.6 Å². The zero-order valence-corrected chi connectivity index (χ0v) is 11.9. The summed E-state index contributed by atoms with van der Waals surface area (Å²) >= 11 is 11.7. The van der Waals surface area contributed by atoms with Gasteiger partial charge in [0.15, 0.2) is 0 Å². The van der Waals surface area contributed by atoms with Gasteiger partial charge in [-0.2, -0.15) is 0 Å². The summed E-state index contributed by atoms with van der Waals surface area (Å²) < 4.78 is 27.1. The fourth-order valence-corrected chi connectivity index (χ4v) is 4.48. The van der Waals surface area contributed by atoms with Gasteiger partial charge < -0.3 is 5.73 Å². The topological polar surface area (TPSA) is 72.2 Å². The summed E-state index contributed by atoms with van der Waals surface area (Å²) in [4.78, 5) is -0.0829. The van der Waals surface area contributed by atoms with Crippen LogP contribution < -0.4 is 10.5 Å². The van der Waals surface area contributed by atoms with Gasteiger partial charge in [0.25, 0.3) is 0 Å². The van der Waals surface area contributed by atoms with Crippen LogP contribution in [0.1, 0.15) is 25.7 Å². The van der Waals surface area contributed by atoms with E-state index in [0.717, 1.165) is 25.7 Å². The van der Waals surface area contributed by atoms with Crippen molar-refractivity contribution in [2.24, 2.45) is 0 Å². The van der Waals surface area contributed by atoms with Crippen molar-refractivity contribution in [1.29, 1.82) is 0 Å². The predicted molar refractivity (Wildman–Crippen MR) is 73.5 cm³/mol. The highest BCUT2D eigenvalue weighted by atomic mass is 35.5. The van der Waals surface area contributed by atoms with Crippen LogP contribution in [0, 0.1) is 0 Å². The maximum absolute atomic E-state index is 12.2. The highest BCUT2D eigenvalue weighted by molar-refractivity contribution is 7.89. The van der Waals surface area contributed by atoms with Gasteiger partial charge in [0, 0.05) is 11.1 Å². The zero-order valence-electron chi connectivity index (χ0n) is 9.62. The van der Waals surface area contributed by atoms with E-state index in [1.807, 2.05) is 0 Å². The average Bonchev–Trinajstić information content (AvgIpc) is 2.66. The first-order valence-corrected chi connectivity index (χ1v) is 7.91. The number of benzene rings is 1.